The van der Waals surface area contributed by atoms with E-state index < -0.39 is 0 Å². The third-order valence-electron chi connectivity index (χ3n) is 2.81. The van der Waals surface area contributed by atoms with Crippen molar-refractivity contribution in [1.82, 2.24) is 20.5 Å². The first-order valence-corrected chi connectivity index (χ1v) is 6.72. The molecule has 7 nitrogen and oxygen atoms in total. The van der Waals surface area contributed by atoms with Gasteiger partial charge in [-0.1, -0.05) is 0 Å². The zero-order valence-corrected chi connectivity index (χ0v) is 12.0. The van der Waals surface area contributed by atoms with Crippen LogP contribution in [0.2, 0.25) is 0 Å². The average molecular weight is 293 g/mol. The van der Waals surface area contributed by atoms with Gasteiger partial charge in [0.05, 0.1) is 11.4 Å². The topological polar surface area (TPSA) is 102 Å². The summed E-state index contributed by atoms with van der Waals surface area (Å²) in [5.41, 5.74) is 3.44. The van der Waals surface area contributed by atoms with Gasteiger partial charge in [0, 0.05) is 18.1 Å². The fourth-order valence-electron chi connectivity index (χ4n) is 1.73. The first-order valence-electron chi connectivity index (χ1n) is 5.91. The number of hydrazine groups is 1. The van der Waals surface area contributed by atoms with Crippen molar-refractivity contribution in [3.05, 3.63) is 39.3 Å². The normalized spacial score (nSPS) is 10.3. The molecule has 0 spiro atoms. The van der Waals surface area contributed by atoms with Crippen LogP contribution in [0.5, 0.6) is 0 Å². The Hall–Kier alpha value is -2.19. The Labute approximate surface area is 119 Å². The van der Waals surface area contributed by atoms with E-state index in [0.29, 0.717) is 17.1 Å². The highest BCUT2D eigenvalue weighted by Gasteiger charge is 2.13. The first kappa shape index (κ1) is 14.2. The van der Waals surface area contributed by atoms with Crippen LogP contribution in [0.3, 0.4) is 0 Å². The molecule has 2 aromatic rings. The number of nitrogens with zero attached hydrogens (tertiary/aromatic N) is 2. The van der Waals surface area contributed by atoms with Crippen molar-refractivity contribution in [3.8, 4) is 0 Å². The van der Waals surface area contributed by atoms with Crippen LogP contribution < -0.4 is 16.6 Å². The average Bonchev–Trinajstić information content (AvgIpc) is 3.05. The Morgan fingerprint density at radius 1 is 1.45 bits per heavy atom. The maximum Gasteiger partial charge on any atom is 0.275 e. The Kier molecular flexibility index (Phi) is 4.16. The number of nitrogens with two attached hydrogens (primary N) is 1. The second kappa shape index (κ2) is 5.85. The quantitative estimate of drug-likeness (QED) is 0.427. The number of amides is 2. The Balaban J connectivity index is 2.18. The SMILES string of the molecule is CNC(=O)c1ccn(Cc2cc(C(=O)NN)sc2C)n1. The molecule has 0 saturated heterocycles. The molecule has 0 fully saturated rings. The predicted molar refractivity (Wildman–Crippen MR) is 75.4 cm³/mol. The van der Waals surface area contributed by atoms with E-state index in [9.17, 15) is 9.59 Å². The molecule has 0 bridgehead atoms. The van der Waals surface area contributed by atoms with E-state index in [1.165, 1.54) is 11.3 Å². The highest BCUT2D eigenvalue weighted by molar-refractivity contribution is 7.14. The number of thiophene rings is 1. The summed E-state index contributed by atoms with van der Waals surface area (Å²) in [7, 11) is 1.56. The molecule has 2 aromatic heterocycles. The Morgan fingerprint density at radius 2 is 2.20 bits per heavy atom. The molecule has 0 aliphatic carbocycles. The van der Waals surface area contributed by atoms with Gasteiger partial charge in [-0.15, -0.1) is 11.3 Å². The lowest BCUT2D eigenvalue weighted by molar-refractivity contribution is 0.0950. The Bertz CT molecular complexity index is 646. The van der Waals surface area contributed by atoms with Gasteiger partial charge in [-0.2, -0.15) is 5.10 Å². The van der Waals surface area contributed by atoms with Crippen LogP contribution in [-0.4, -0.2) is 28.6 Å². The van der Waals surface area contributed by atoms with Crippen LogP contribution in [0.15, 0.2) is 18.3 Å². The molecule has 0 atom stereocenters. The number of carbonyl (C=O) groups excluding carboxylic acids is 2. The summed E-state index contributed by atoms with van der Waals surface area (Å²) in [6.07, 6.45) is 1.73. The van der Waals surface area contributed by atoms with Gasteiger partial charge in [0.15, 0.2) is 0 Å². The summed E-state index contributed by atoms with van der Waals surface area (Å²) in [4.78, 5) is 24.5. The van der Waals surface area contributed by atoms with Crippen LogP contribution in [0.4, 0.5) is 0 Å². The van der Waals surface area contributed by atoms with Crippen molar-refractivity contribution in [2.45, 2.75) is 13.5 Å². The molecule has 0 aromatic carbocycles. The van der Waals surface area contributed by atoms with E-state index in [1.807, 2.05) is 6.92 Å². The minimum Gasteiger partial charge on any atom is -0.354 e. The highest BCUT2D eigenvalue weighted by atomic mass is 32.1. The third kappa shape index (κ3) is 2.86. The molecule has 2 amide bonds. The van der Waals surface area contributed by atoms with Crippen molar-refractivity contribution < 1.29 is 9.59 Å². The molecule has 0 aliphatic heterocycles. The second-order valence-corrected chi connectivity index (χ2v) is 5.40. The summed E-state index contributed by atoms with van der Waals surface area (Å²) < 4.78 is 1.66. The molecular weight excluding hydrogens is 278 g/mol. The molecule has 2 rings (SSSR count). The maximum absolute atomic E-state index is 11.5. The van der Waals surface area contributed by atoms with E-state index in [-0.39, 0.29) is 11.8 Å². The lowest BCUT2D eigenvalue weighted by atomic mass is 10.2. The zero-order chi connectivity index (χ0) is 14.7. The van der Waals surface area contributed by atoms with E-state index in [4.69, 9.17) is 5.84 Å². The lowest BCUT2D eigenvalue weighted by Crippen LogP contribution is -2.29. The molecule has 106 valence electrons. The van der Waals surface area contributed by atoms with E-state index >= 15 is 0 Å². The van der Waals surface area contributed by atoms with E-state index in [1.54, 1.807) is 30.1 Å². The Morgan fingerprint density at radius 3 is 2.85 bits per heavy atom. The molecule has 0 unspecified atom stereocenters. The molecule has 2 heterocycles. The number of aryl methyl sites for hydroxylation is 1. The van der Waals surface area contributed by atoms with Crippen LogP contribution in [0.1, 0.15) is 30.6 Å². The fourth-order valence-corrected chi connectivity index (χ4v) is 2.67. The number of hydrogen-bond acceptors (Lipinski definition) is 5. The van der Waals surface area contributed by atoms with Crippen molar-refractivity contribution >= 4 is 23.2 Å². The molecule has 20 heavy (non-hydrogen) atoms. The van der Waals surface area contributed by atoms with Crippen LogP contribution in [0.25, 0.3) is 0 Å². The zero-order valence-electron chi connectivity index (χ0n) is 11.1. The number of hydrogen-bond donors (Lipinski definition) is 3. The van der Waals surface area contributed by atoms with Gasteiger partial charge in [-0.25, -0.2) is 5.84 Å². The summed E-state index contributed by atoms with van der Waals surface area (Å²) in [5, 5.41) is 6.69. The first-order chi connectivity index (χ1) is 9.55. The van der Waals surface area contributed by atoms with Crippen molar-refractivity contribution in [2.24, 2.45) is 5.84 Å². The predicted octanol–water partition coefficient (Wildman–Crippen LogP) is 0.264. The van der Waals surface area contributed by atoms with Gasteiger partial charge in [0.25, 0.3) is 11.8 Å². The van der Waals surface area contributed by atoms with Gasteiger partial charge < -0.3 is 5.32 Å². The molecule has 0 saturated carbocycles. The fraction of sp³-hybridized carbons (Fsp3) is 0.250. The monoisotopic (exact) mass is 293 g/mol. The summed E-state index contributed by atoms with van der Waals surface area (Å²) in [5.74, 6) is 4.58. The van der Waals surface area contributed by atoms with Crippen molar-refractivity contribution in [1.29, 1.82) is 0 Å². The van der Waals surface area contributed by atoms with Gasteiger partial charge >= 0.3 is 0 Å². The second-order valence-electron chi connectivity index (χ2n) is 4.14. The smallest absolute Gasteiger partial charge is 0.275 e. The maximum atomic E-state index is 11.5. The third-order valence-corrected chi connectivity index (χ3v) is 3.90. The molecule has 4 N–H and O–H groups in total. The van der Waals surface area contributed by atoms with Gasteiger partial charge in [-0.3, -0.25) is 19.7 Å². The number of nitrogens with one attached hydrogen (secondary N) is 2. The standard InChI is InChI=1S/C12H15N5O2S/c1-7-8(5-10(20-7)12(19)15-13)6-17-4-3-9(16-17)11(18)14-2/h3-5H,6,13H2,1-2H3,(H,14,18)(H,15,19). The van der Waals surface area contributed by atoms with E-state index in [0.717, 1.165) is 10.4 Å². The molecule has 0 radical (unpaired) electrons. The van der Waals surface area contributed by atoms with E-state index in [2.05, 4.69) is 15.8 Å². The van der Waals surface area contributed by atoms with Gasteiger partial charge in [0.2, 0.25) is 0 Å². The molecular formula is C12H15N5O2S. The number of carbonyl (C=O) groups is 2. The van der Waals surface area contributed by atoms with Gasteiger partial charge in [0.1, 0.15) is 5.69 Å². The lowest BCUT2D eigenvalue weighted by Gasteiger charge is -2.00. The highest BCUT2D eigenvalue weighted by Crippen LogP contribution is 2.22. The van der Waals surface area contributed by atoms with Crippen LogP contribution >= 0.6 is 11.3 Å². The summed E-state index contributed by atoms with van der Waals surface area (Å²) >= 11 is 1.37. The van der Waals surface area contributed by atoms with Gasteiger partial charge in [-0.05, 0) is 24.6 Å². The van der Waals surface area contributed by atoms with Crippen molar-refractivity contribution in [2.75, 3.05) is 7.05 Å². The minimum atomic E-state index is -0.309. The number of nitrogen functional groups attached to an aromatic ring is 1. The summed E-state index contributed by atoms with van der Waals surface area (Å²) in [6.45, 7) is 2.42. The largest absolute Gasteiger partial charge is 0.354 e. The minimum absolute atomic E-state index is 0.228. The number of rotatable bonds is 4. The molecule has 0 aliphatic rings. The number of aromatic nitrogens is 2. The van der Waals surface area contributed by atoms with Crippen LogP contribution in [-0.2, 0) is 6.54 Å². The van der Waals surface area contributed by atoms with Crippen molar-refractivity contribution in [3.63, 3.8) is 0 Å². The van der Waals surface area contributed by atoms with Crippen LogP contribution in [0, 0.1) is 6.92 Å². The summed E-state index contributed by atoms with van der Waals surface area (Å²) in [6, 6.07) is 3.43. The molecule has 8 heteroatoms.